The van der Waals surface area contributed by atoms with Crippen LogP contribution >= 0.6 is 0 Å². The Kier molecular flexibility index (Phi) is 3.54. The normalized spacial score (nSPS) is 36.1. The van der Waals surface area contributed by atoms with Gasteiger partial charge in [0, 0.05) is 12.1 Å². The Morgan fingerprint density at radius 2 is 1.88 bits per heavy atom. The van der Waals surface area contributed by atoms with Crippen molar-refractivity contribution in [1.82, 2.24) is 10.6 Å². The molecule has 4 unspecified atom stereocenters. The van der Waals surface area contributed by atoms with Crippen molar-refractivity contribution < 1.29 is 14.7 Å². The molecule has 0 bridgehead atoms. The van der Waals surface area contributed by atoms with Gasteiger partial charge in [0.25, 0.3) is 0 Å². The third-order valence-corrected chi connectivity index (χ3v) is 3.78. The van der Waals surface area contributed by atoms with Crippen LogP contribution in [0.3, 0.4) is 0 Å². The van der Waals surface area contributed by atoms with E-state index in [2.05, 4.69) is 17.6 Å². The van der Waals surface area contributed by atoms with Gasteiger partial charge >= 0.3 is 12.0 Å². The predicted molar refractivity (Wildman–Crippen MR) is 62.6 cm³/mol. The summed E-state index contributed by atoms with van der Waals surface area (Å²) in [5.74, 6) is -0.458. The first-order valence-electron chi connectivity index (χ1n) is 6.36. The fourth-order valence-electron chi connectivity index (χ4n) is 2.46. The summed E-state index contributed by atoms with van der Waals surface area (Å²) in [5, 5.41) is 14.7. The molecule has 5 heteroatoms. The van der Waals surface area contributed by atoms with Gasteiger partial charge in [-0.05, 0) is 31.6 Å². The summed E-state index contributed by atoms with van der Waals surface area (Å²) >= 11 is 0. The van der Waals surface area contributed by atoms with Crippen molar-refractivity contribution in [3.05, 3.63) is 0 Å². The third kappa shape index (κ3) is 3.35. The van der Waals surface area contributed by atoms with Crippen LogP contribution in [0.15, 0.2) is 0 Å². The highest BCUT2D eigenvalue weighted by Crippen LogP contribution is 2.29. The number of aliphatic carboxylic acids is 1. The maximum absolute atomic E-state index is 11.6. The van der Waals surface area contributed by atoms with Crippen molar-refractivity contribution in [3.8, 4) is 0 Å². The Labute approximate surface area is 101 Å². The minimum absolute atomic E-state index is 0.0129. The molecular weight excluding hydrogens is 220 g/mol. The van der Waals surface area contributed by atoms with Crippen LogP contribution in [0.2, 0.25) is 0 Å². The molecule has 0 heterocycles. The van der Waals surface area contributed by atoms with E-state index in [4.69, 9.17) is 5.11 Å². The molecule has 0 aliphatic heterocycles. The van der Waals surface area contributed by atoms with Gasteiger partial charge in [-0.15, -0.1) is 0 Å². The maximum Gasteiger partial charge on any atom is 0.315 e. The number of hydrogen-bond donors (Lipinski definition) is 3. The largest absolute Gasteiger partial charge is 0.481 e. The van der Waals surface area contributed by atoms with Gasteiger partial charge in [-0.2, -0.15) is 0 Å². The monoisotopic (exact) mass is 240 g/mol. The molecule has 4 atom stereocenters. The molecule has 2 saturated carbocycles. The van der Waals surface area contributed by atoms with Crippen molar-refractivity contribution in [2.24, 2.45) is 11.8 Å². The average Bonchev–Trinajstić information content (AvgIpc) is 2.94. The second kappa shape index (κ2) is 4.94. The molecule has 2 aliphatic carbocycles. The predicted octanol–water partition coefficient (Wildman–Crippen LogP) is 1.34. The molecule has 3 N–H and O–H groups in total. The fourth-order valence-corrected chi connectivity index (χ4v) is 2.46. The Morgan fingerprint density at radius 3 is 2.47 bits per heavy atom. The molecule has 2 aliphatic rings. The second-order valence-corrected chi connectivity index (χ2v) is 5.34. The van der Waals surface area contributed by atoms with Crippen molar-refractivity contribution in [2.75, 3.05) is 0 Å². The van der Waals surface area contributed by atoms with E-state index in [0.29, 0.717) is 18.4 Å². The SMILES string of the molecule is CC1CC1NC(=O)NC1CCCC(C(=O)O)C1. The highest BCUT2D eigenvalue weighted by molar-refractivity contribution is 5.75. The van der Waals surface area contributed by atoms with E-state index in [1.807, 2.05) is 0 Å². The van der Waals surface area contributed by atoms with Crippen molar-refractivity contribution in [3.63, 3.8) is 0 Å². The lowest BCUT2D eigenvalue weighted by atomic mass is 9.86. The van der Waals surface area contributed by atoms with E-state index >= 15 is 0 Å². The van der Waals surface area contributed by atoms with E-state index in [-0.39, 0.29) is 18.0 Å². The highest BCUT2D eigenvalue weighted by atomic mass is 16.4. The Hall–Kier alpha value is -1.26. The van der Waals surface area contributed by atoms with Crippen LogP contribution in [0.4, 0.5) is 4.79 Å². The van der Waals surface area contributed by atoms with Crippen LogP contribution in [0, 0.1) is 11.8 Å². The number of urea groups is 1. The van der Waals surface area contributed by atoms with Crippen LogP contribution in [-0.4, -0.2) is 29.2 Å². The number of carboxylic acids is 1. The minimum atomic E-state index is -0.743. The van der Waals surface area contributed by atoms with E-state index in [1.54, 1.807) is 0 Å². The van der Waals surface area contributed by atoms with E-state index in [9.17, 15) is 9.59 Å². The molecule has 2 fully saturated rings. The van der Waals surface area contributed by atoms with Crippen molar-refractivity contribution in [2.45, 2.75) is 51.1 Å². The molecule has 17 heavy (non-hydrogen) atoms. The fraction of sp³-hybridized carbons (Fsp3) is 0.833. The topological polar surface area (TPSA) is 78.4 Å². The lowest BCUT2D eigenvalue weighted by Gasteiger charge is -2.27. The number of carboxylic acid groups (broad SMARTS) is 1. The van der Waals surface area contributed by atoms with Crippen molar-refractivity contribution >= 4 is 12.0 Å². The maximum atomic E-state index is 11.6. The summed E-state index contributed by atoms with van der Waals surface area (Å²) in [7, 11) is 0. The Bertz CT molecular complexity index is 319. The van der Waals surface area contributed by atoms with Gasteiger partial charge in [-0.3, -0.25) is 4.79 Å². The van der Waals surface area contributed by atoms with Crippen LogP contribution < -0.4 is 10.6 Å². The number of nitrogens with one attached hydrogen (secondary N) is 2. The van der Waals surface area contributed by atoms with Gasteiger partial charge in [0.15, 0.2) is 0 Å². The molecular formula is C12H20N2O3. The third-order valence-electron chi connectivity index (χ3n) is 3.78. The zero-order chi connectivity index (χ0) is 12.4. The average molecular weight is 240 g/mol. The molecule has 0 aromatic carbocycles. The summed E-state index contributed by atoms with van der Waals surface area (Å²) < 4.78 is 0. The van der Waals surface area contributed by atoms with Crippen molar-refractivity contribution in [1.29, 1.82) is 0 Å². The quantitative estimate of drug-likeness (QED) is 0.696. The number of rotatable bonds is 3. The number of carbonyl (C=O) groups excluding carboxylic acids is 1. The van der Waals surface area contributed by atoms with E-state index in [1.165, 1.54) is 0 Å². The van der Waals surface area contributed by atoms with Crippen LogP contribution in [-0.2, 0) is 4.79 Å². The first-order chi connectivity index (χ1) is 8.06. The summed E-state index contributed by atoms with van der Waals surface area (Å²) in [4.78, 5) is 22.5. The van der Waals surface area contributed by atoms with E-state index < -0.39 is 5.97 Å². The van der Waals surface area contributed by atoms with Gasteiger partial charge in [-0.1, -0.05) is 13.3 Å². The molecule has 96 valence electrons. The lowest BCUT2D eigenvalue weighted by Crippen LogP contribution is -2.45. The Balaban J connectivity index is 1.74. The van der Waals surface area contributed by atoms with Crippen LogP contribution in [0.1, 0.15) is 39.0 Å². The number of amides is 2. The summed E-state index contributed by atoms with van der Waals surface area (Å²) in [6.45, 7) is 2.10. The summed E-state index contributed by atoms with van der Waals surface area (Å²) in [6.07, 6.45) is 4.10. The molecule has 0 spiro atoms. The van der Waals surface area contributed by atoms with Gasteiger partial charge < -0.3 is 15.7 Å². The molecule has 0 aromatic heterocycles. The van der Waals surface area contributed by atoms with Crippen LogP contribution in [0.5, 0.6) is 0 Å². The van der Waals surface area contributed by atoms with Crippen LogP contribution in [0.25, 0.3) is 0 Å². The molecule has 2 amide bonds. The Morgan fingerprint density at radius 1 is 1.18 bits per heavy atom. The minimum Gasteiger partial charge on any atom is -0.481 e. The molecule has 0 aromatic rings. The van der Waals surface area contributed by atoms with Gasteiger partial charge in [0.05, 0.1) is 5.92 Å². The summed E-state index contributed by atoms with van der Waals surface area (Å²) in [5.41, 5.74) is 0. The highest BCUT2D eigenvalue weighted by Gasteiger charge is 2.34. The number of hydrogen-bond acceptors (Lipinski definition) is 2. The zero-order valence-electron chi connectivity index (χ0n) is 10.1. The van der Waals surface area contributed by atoms with Gasteiger partial charge in [0.1, 0.15) is 0 Å². The molecule has 0 saturated heterocycles. The molecule has 5 nitrogen and oxygen atoms in total. The lowest BCUT2D eigenvalue weighted by molar-refractivity contribution is -0.143. The first-order valence-corrected chi connectivity index (χ1v) is 6.36. The molecule has 2 rings (SSSR count). The number of carbonyl (C=O) groups is 2. The van der Waals surface area contributed by atoms with E-state index in [0.717, 1.165) is 25.7 Å². The molecule has 0 radical (unpaired) electrons. The standard InChI is InChI=1S/C12H20N2O3/c1-7-5-10(7)14-12(17)13-9-4-2-3-8(6-9)11(15)16/h7-10H,2-6H2,1H3,(H,15,16)(H2,13,14,17). The second-order valence-electron chi connectivity index (χ2n) is 5.34. The van der Waals surface area contributed by atoms with Gasteiger partial charge in [0.2, 0.25) is 0 Å². The first kappa shape index (κ1) is 12.2. The smallest absolute Gasteiger partial charge is 0.315 e. The summed E-state index contributed by atoms with van der Waals surface area (Å²) in [6, 6.07) is 0.183. The zero-order valence-corrected chi connectivity index (χ0v) is 10.1. The van der Waals surface area contributed by atoms with Gasteiger partial charge in [-0.25, -0.2) is 4.79 Å².